The first kappa shape index (κ1) is 23.2. The topological polar surface area (TPSA) is 84.4 Å². The molecule has 142 valence electrons. The smallest absolute Gasteiger partial charge is 0.410 e. The Hall–Kier alpha value is -0.810. The highest BCUT2D eigenvalue weighted by Crippen LogP contribution is 2.14. The number of amides is 1. The van der Waals surface area contributed by atoms with Gasteiger partial charge in [-0.25, -0.2) is 4.79 Å². The minimum atomic E-state index is -0.462. The van der Waals surface area contributed by atoms with Gasteiger partial charge < -0.3 is 29.7 Å². The average molecular weight is 458 g/mol. The van der Waals surface area contributed by atoms with E-state index in [0.29, 0.717) is 45.4 Å². The summed E-state index contributed by atoms with van der Waals surface area (Å²) in [5.41, 5.74) is -0.462. The Balaban J connectivity index is 0.00000529. The summed E-state index contributed by atoms with van der Waals surface area (Å²) in [5.74, 6) is 0.703. The van der Waals surface area contributed by atoms with Crippen LogP contribution >= 0.6 is 24.0 Å². The maximum Gasteiger partial charge on any atom is 0.410 e. The first-order valence-electron chi connectivity index (χ1n) is 7.87. The molecule has 1 fully saturated rings. The Morgan fingerprint density at radius 2 is 1.92 bits per heavy atom. The Morgan fingerprint density at radius 3 is 2.46 bits per heavy atom. The second-order valence-corrected chi connectivity index (χ2v) is 6.33. The van der Waals surface area contributed by atoms with Crippen molar-refractivity contribution < 1.29 is 19.0 Å². The molecule has 24 heavy (non-hydrogen) atoms. The largest absolute Gasteiger partial charge is 0.444 e. The second kappa shape index (κ2) is 11.7. The molecule has 2 N–H and O–H groups in total. The molecule has 1 aliphatic heterocycles. The lowest BCUT2D eigenvalue weighted by Gasteiger charge is -2.40. The number of guanidine groups is 1. The van der Waals surface area contributed by atoms with E-state index in [1.807, 2.05) is 20.8 Å². The van der Waals surface area contributed by atoms with Gasteiger partial charge in [0.15, 0.2) is 5.96 Å². The Morgan fingerprint density at radius 1 is 1.25 bits per heavy atom. The molecular formula is C15H31IN4O4. The number of methoxy groups -OCH3 is 1. The highest BCUT2D eigenvalue weighted by Gasteiger charge is 2.34. The summed E-state index contributed by atoms with van der Waals surface area (Å²) < 4.78 is 15.6. The number of hydrogen-bond acceptors (Lipinski definition) is 5. The van der Waals surface area contributed by atoms with E-state index in [1.54, 1.807) is 19.1 Å². The normalized spacial score (nSPS) is 15.4. The molecule has 1 heterocycles. The summed E-state index contributed by atoms with van der Waals surface area (Å²) in [6.45, 7) is 9.22. The first-order valence-corrected chi connectivity index (χ1v) is 7.87. The van der Waals surface area contributed by atoms with Gasteiger partial charge in [-0.15, -0.1) is 24.0 Å². The lowest BCUT2D eigenvalue weighted by molar-refractivity contribution is 0.00700. The van der Waals surface area contributed by atoms with E-state index in [2.05, 4.69) is 15.6 Å². The molecule has 8 nitrogen and oxygen atoms in total. The minimum Gasteiger partial charge on any atom is -0.444 e. The van der Waals surface area contributed by atoms with Gasteiger partial charge in [0, 0.05) is 33.8 Å². The highest BCUT2D eigenvalue weighted by molar-refractivity contribution is 14.0. The van der Waals surface area contributed by atoms with Crippen LogP contribution in [0.4, 0.5) is 4.79 Å². The molecule has 0 aromatic rings. The van der Waals surface area contributed by atoms with Crippen molar-refractivity contribution in [3.63, 3.8) is 0 Å². The summed E-state index contributed by atoms with van der Waals surface area (Å²) in [4.78, 5) is 17.7. The van der Waals surface area contributed by atoms with Gasteiger partial charge in [0.2, 0.25) is 0 Å². The molecular weight excluding hydrogens is 427 g/mol. The molecule has 1 amide bonds. The van der Waals surface area contributed by atoms with Gasteiger partial charge in [-0.05, 0) is 20.8 Å². The van der Waals surface area contributed by atoms with E-state index in [1.165, 1.54) is 0 Å². The van der Waals surface area contributed by atoms with Crippen LogP contribution in [0.15, 0.2) is 4.99 Å². The van der Waals surface area contributed by atoms with E-state index in [4.69, 9.17) is 14.2 Å². The van der Waals surface area contributed by atoms with Gasteiger partial charge in [-0.1, -0.05) is 0 Å². The lowest BCUT2D eigenvalue weighted by atomic mass is 10.1. The van der Waals surface area contributed by atoms with Crippen molar-refractivity contribution in [3.05, 3.63) is 0 Å². The summed E-state index contributed by atoms with van der Waals surface area (Å²) in [6.07, 6.45) is -0.273. The molecule has 0 unspecified atom stereocenters. The molecule has 0 aromatic carbocycles. The fraction of sp³-hybridized carbons (Fsp3) is 0.867. The van der Waals surface area contributed by atoms with Crippen LogP contribution in [-0.2, 0) is 14.2 Å². The number of aliphatic imine (C=N–C) groups is 1. The third-order valence-corrected chi connectivity index (χ3v) is 3.07. The van der Waals surface area contributed by atoms with Gasteiger partial charge in [-0.2, -0.15) is 0 Å². The Bertz CT molecular complexity index is 395. The predicted molar refractivity (Wildman–Crippen MR) is 104 cm³/mol. The van der Waals surface area contributed by atoms with Crippen LogP contribution in [0, 0.1) is 0 Å². The van der Waals surface area contributed by atoms with E-state index in [0.717, 1.165) is 0 Å². The minimum absolute atomic E-state index is 0. The van der Waals surface area contributed by atoms with E-state index < -0.39 is 5.60 Å². The van der Waals surface area contributed by atoms with Crippen LogP contribution < -0.4 is 10.6 Å². The maximum atomic E-state index is 11.8. The second-order valence-electron chi connectivity index (χ2n) is 6.33. The van der Waals surface area contributed by atoms with Gasteiger partial charge in [-0.3, -0.25) is 4.99 Å². The van der Waals surface area contributed by atoms with Crippen molar-refractivity contribution >= 4 is 36.0 Å². The maximum absolute atomic E-state index is 11.8. The lowest BCUT2D eigenvalue weighted by Crippen LogP contribution is -2.63. The predicted octanol–water partition coefficient (Wildman–Crippen LogP) is 1.05. The highest BCUT2D eigenvalue weighted by atomic mass is 127. The van der Waals surface area contributed by atoms with Gasteiger partial charge >= 0.3 is 6.09 Å². The summed E-state index contributed by atoms with van der Waals surface area (Å²) in [7, 11) is 3.36. The molecule has 9 heteroatoms. The van der Waals surface area contributed by atoms with Crippen molar-refractivity contribution in [1.29, 1.82) is 0 Å². The van der Waals surface area contributed by atoms with Crippen molar-refractivity contribution in [2.75, 3.05) is 53.6 Å². The molecule has 0 spiro atoms. The number of rotatable bonds is 7. The number of nitrogens with zero attached hydrogens (tertiary/aromatic N) is 2. The van der Waals surface area contributed by atoms with Crippen molar-refractivity contribution in [2.45, 2.75) is 32.4 Å². The van der Waals surface area contributed by atoms with E-state index in [9.17, 15) is 4.79 Å². The first-order chi connectivity index (χ1) is 10.9. The van der Waals surface area contributed by atoms with Crippen LogP contribution in [0.2, 0.25) is 0 Å². The number of halogens is 1. The van der Waals surface area contributed by atoms with Crippen molar-refractivity contribution in [2.24, 2.45) is 4.99 Å². The molecule has 1 saturated heterocycles. The fourth-order valence-electron chi connectivity index (χ4n) is 1.92. The number of hydrogen-bond donors (Lipinski definition) is 2. The summed E-state index contributed by atoms with van der Waals surface area (Å²) in [5, 5.41) is 6.43. The summed E-state index contributed by atoms with van der Waals surface area (Å²) in [6, 6.07) is 0.183. The Labute approximate surface area is 161 Å². The zero-order valence-corrected chi connectivity index (χ0v) is 17.6. The van der Waals surface area contributed by atoms with Gasteiger partial charge in [0.05, 0.1) is 25.9 Å². The molecule has 0 aromatic heterocycles. The fourth-order valence-corrected chi connectivity index (χ4v) is 1.92. The zero-order chi connectivity index (χ0) is 17.3. The zero-order valence-electron chi connectivity index (χ0n) is 15.3. The van der Waals surface area contributed by atoms with Crippen LogP contribution in [0.5, 0.6) is 0 Å². The molecule has 1 rings (SSSR count). The van der Waals surface area contributed by atoms with Crippen LogP contribution in [0.25, 0.3) is 0 Å². The number of nitrogens with one attached hydrogen (secondary N) is 2. The number of likely N-dealkylation sites (tertiary alicyclic amines) is 1. The molecule has 0 aliphatic carbocycles. The molecule has 0 bridgehead atoms. The average Bonchev–Trinajstić information content (AvgIpc) is 2.41. The van der Waals surface area contributed by atoms with Gasteiger partial charge in [0.1, 0.15) is 5.60 Å². The Kier molecular flexibility index (Phi) is 11.3. The van der Waals surface area contributed by atoms with Crippen LogP contribution in [0.1, 0.15) is 20.8 Å². The molecule has 0 saturated carbocycles. The quantitative estimate of drug-likeness (QED) is 0.257. The number of carbonyl (C=O) groups excluding carboxylic acids is 1. The standard InChI is InChI=1S/C15H30N4O4.HI/c1-15(2,3)23-14(20)19-10-12(11-19)18-13(16-4)17-6-7-22-9-8-21-5;/h12H,6-11H2,1-5H3,(H2,16,17,18);1H. The monoisotopic (exact) mass is 458 g/mol. The van der Waals surface area contributed by atoms with E-state index in [-0.39, 0.29) is 36.1 Å². The van der Waals surface area contributed by atoms with Crippen molar-refractivity contribution in [1.82, 2.24) is 15.5 Å². The molecule has 0 atom stereocenters. The van der Waals surface area contributed by atoms with Crippen LogP contribution in [0.3, 0.4) is 0 Å². The molecule has 0 radical (unpaired) electrons. The summed E-state index contributed by atoms with van der Waals surface area (Å²) >= 11 is 0. The van der Waals surface area contributed by atoms with Crippen molar-refractivity contribution in [3.8, 4) is 0 Å². The molecule has 1 aliphatic rings. The third kappa shape index (κ3) is 9.48. The number of carbonyl (C=O) groups is 1. The third-order valence-electron chi connectivity index (χ3n) is 3.07. The van der Waals surface area contributed by atoms with E-state index >= 15 is 0 Å². The van der Waals surface area contributed by atoms with Gasteiger partial charge in [0.25, 0.3) is 0 Å². The van der Waals surface area contributed by atoms with Crippen LogP contribution in [-0.4, -0.2) is 82.2 Å². The number of ether oxygens (including phenoxy) is 3. The SMILES string of the molecule is CN=C(NCCOCCOC)NC1CN(C(=O)OC(C)(C)C)C1.I.